The Morgan fingerprint density at radius 1 is 1.40 bits per heavy atom. The quantitative estimate of drug-likeness (QED) is 0.713. The number of alkyl halides is 1. The average Bonchev–Trinajstić information content (AvgIpc) is 2.10. The van der Waals surface area contributed by atoms with Gasteiger partial charge in [-0.1, -0.05) is 15.9 Å². The summed E-state index contributed by atoms with van der Waals surface area (Å²) in [5.41, 5.74) is 0. The number of hydrogen-bond donors (Lipinski definition) is 0. The van der Waals surface area contributed by atoms with Gasteiger partial charge in [0.2, 0.25) is 5.91 Å². The van der Waals surface area contributed by atoms with Crippen molar-refractivity contribution in [2.45, 2.75) is 25.0 Å². The number of amides is 1. The molecule has 0 spiro atoms. The summed E-state index contributed by atoms with van der Waals surface area (Å²) in [4.78, 5) is 13.3. The van der Waals surface area contributed by atoms with Crippen molar-refractivity contribution in [3.05, 3.63) is 0 Å². The summed E-state index contributed by atoms with van der Waals surface area (Å²) in [5.74, 6) is -0.356. The highest BCUT2D eigenvalue weighted by Gasteiger charge is 2.40. The molecule has 0 saturated heterocycles. The first kappa shape index (κ1) is 14.9. The smallest absolute Gasteiger partial charge is 0.243 e. The van der Waals surface area contributed by atoms with Crippen LogP contribution < -0.4 is 0 Å². The molecule has 0 fully saturated rings. The van der Waals surface area contributed by atoms with E-state index in [2.05, 4.69) is 15.9 Å². The van der Waals surface area contributed by atoms with Crippen molar-refractivity contribution < 1.29 is 13.2 Å². The minimum Gasteiger partial charge on any atom is -0.344 e. The van der Waals surface area contributed by atoms with Crippen LogP contribution in [-0.2, 0) is 14.6 Å². The Morgan fingerprint density at radius 2 is 1.87 bits per heavy atom. The largest absolute Gasteiger partial charge is 0.344 e. The summed E-state index contributed by atoms with van der Waals surface area (Å²) < 4.78 is 21.5. The molecule has 1 amide bonds. The third-order valence-electron chi connectivity index (χ3n) is 2.42. The minimum absolute atomic E-state index is 0.356. The topological polar surface area (TPSA) is 54.5 Å². The lowest BCUT2D eigenvalue weighted by Gasteiger charge is -2.27. The Labute approximate surface area is 100 Å². The second kappa shape index (κ2) is 5.30. The van der Waals surface area contributed by atoms with Crippen LogP contribution in [0.3, 0.4) is 0 Å². The van der Waals surface area contributed by atoms with E-state index in [0.717, 1.165) is 18.0 Å². The van der Waals surface area contributed by atoms with E-state index in [0.29, 0.717) is 6.54 Å². The molecule has 0 N–H and O–H groups in total. The predicted molar refractivity (Wildman–Crippen MR) is 65.0 cm³/mol. The third kappa shape index (κ3) is 3.75. The summed E-state index contributed by atoms with van der Waals surface area (Å²) in [6.07, 6.45) is 1.89. The maximum atomic E-state index is 11.8. The molecule has 4 nitrogen and oxygen atoms in total. The highest BCUT2D eigenvalue weighted by Crippen LogP contribution is 2.18. The summed E-state index contributed by atoms with van der Waals surface area (Å²) in [5, 5.41) is 0.796. The van der Waals surface area contributed by atoms with Gasteiger partial charge >= 0.3 is 0 Å². The fourth-order valence-electron chi connectivity index (χ4n) is 1.02. The maximum Gasteiger partial charge on any atom is 0.243 e. The van der Waals surface area contributed by atoms with Crippen LogP contribution in [0.4, 0.5) is 0 Å². The van der Waals surface area contributed by atoms with Crippen LogP contribution >= 0.6 is 15.9 Å². The van der Waals surface area contributed by atoms with Crippen LogP contribution in [-0.4, -0.2) is 49.2 Å². The van der Waals surface area contributed by atoms with Gasteiger partial charge in [0.15, 0.2) is 9.84 Å². The second-order valence-corrected chi connectivity index (χ2v) is 7.41. The van der Waals surface area contributed by atoms with Gasteiger partial charge in [0, 0.05) is 25.2 Å². The summed E-state index contributed by atoms with van der Waals surface area (Å²) in [7, 11) is -1.75. The monoisotopic (exact) mass is 299 g/mol. The standard InChI is InChI=1S/C9H18BrNO3S/c1-9(2,15(4,13)14)8(12)11(3)7-5-6-10/h5-7H2,1-4H3. The molecule has 90 valence electrons. The first-order valence-corrected chi connectivity index (χ1v) is 7.67. The number of hydrogen-bond acceptors (Lipinski definition) is 3. The zero-order valence-corrected chi connectivity index (χ0v) is 12.0. The lowest BCUT2D eigenvalue weighted by Crippen LogP contribution is -2.48. The molecular formula is C9H18BrNO3S. The molecule has 0 radical (unpaired) electrons. The zero-order chi connectivity index (χ0) is 12.3. The van der Waals surface area contributed by atoms with Gasteiger partial charge in [-0.05, 0) is 20.3 Å². The van der Waals surface area contributed by atoms with Gasteiger partial charge in [-0.2, -0.15) is 0 Å². The molecule has 0 atom stereocenters. The molecule has 0 aliphatic rings. The number of sulfone groups is 1. The SMILES string of the molecule is CN(CCCBr)C(=O)C(C)(C)S(C)(=O)=O. The molecule has 0 aromatic carbocycles. The summed E-state index contributed by atoms with van der Waals surface area (Å²) >= 11 is 3.26. The van der Waals surface area contributed by atoms with Crippen molar-refractivity contribution in [2.24, 2.45) is 0 Å². The van der Waals surface area contributed by atoms with E-state index < -0.39 is 14.6 Å². The lowest BCUT2D eigenvalue weighted by atomic mass is 10.2. The number of halogens is 1. The molecular weight excluding hydrogens is 282 g/mol. The van der Waals surface area contributed by atoms with Crippen molar-refractivity contribution in [2.75, 3.05) is 25.2 Å². The number of carbonyl (C=O) groups excluding carboxylic acids is 1. The average molecular weight is 300 g/mol. The Hall–Kier alpha value is -0.100. The van der Waals surface area contributed by atoms with Gasteiger partial charge in [-0.15, -0.1) is 0 Å². The highest BCUT2D eigenvalue weighted by atomic mass is 79.9. The first-order chi connectivity index (χ1) is 6.64. The highest BCUT2D eigenvalue weighted by molar-refractivity contribution is 9.09. The van der Waals surface area contributed by atoms with E-state index in [1.807, 2.05) is 0 Å². The van der Waals surface area contributed by atoms with E-state index in [1.54, 1.807) is 7.05 Å². The normalized spacial score (nSPS) is 12.6. The van der Waals surface area contributed by atoms with Crippen molar-refractivity contribution >= 4 is 31.7 Å². The molecule has 15 heavy (non-hydrogen) atoms. The predicted octanol–water partition coefficient (Wildman–Crippen LogP) is 1.05. The molecule has 0 aliphatic heterocycles. The van der Waals surface area contributed by atoms with Crippen LogP contribution in [0.1, 0.15) is 20.3 Å². The van der Waals surface area contributed by atoms with E-state index in [9.17, 15) is 13.2 Å². The van der Waals surface area contributed by atoms with E-state index in [1.165, 1.54) is 18.7 Å². The van der Waals surface area contributed by atoms with Gasteiger partial charge < -0.3 is 4.90 Å². The van der Waals surface area contributed by atoms with E-state index in [-0.39, 0.29) is 5.91 Å². The number of carbonyl (C=O) groups is 1. The zero-order valence-electron chi connectivity index (χ0n) is 9.58. The minimum atomic E-state index is -3.37. The molecule has 0 aromatic heterocycles. The van der Waals surface area contributed by atoms with Gasteiger partial charge in [0.05, 0.1) is 0 Å². The van der Waals surface area contributed by atoms with Gasteiger partial charge in [-0.3, -0.25) is 4.79 Å². The van der Waals surface area contributed by atoms with Crippen LogP contribution in [0.2, 0.25) is 0 Å². The van der Waals surface area contributed by atoms with Crippen molar-refractivity contribution in [1.82, 2.24) is 4.90 Å². The maximum absolute atomic E-state index is 11.8. The lowest BCUT2D eigenvalue weighted by molar-refractivity contribution is -0.131. The molecule has 0 rings (SSSR count). The summed E-state index contributed by atoms with van der Waals surface area (Å²) in [6.45, 7) is 3.44. The van der Waals surface area contributed by atoms with Gasteiger partial charge in [-0.25, -0.2) is 8.42 Å². The molecule has 0 bridgehead atoms. The van der Waals surface area contributed by atoms with E-state index in [4.69, 9.17) is 0 Å². The Bertz CT molecular complexity index is 324. The second-order valence-electron chi connectivity index (χ2n) is 4.05. The third-order valence-corrected chi connectivity index (χ3v) is 5.01. The van der Waals surface area contributed by atoms with Crippen LogP contribution in [0, 0.1) is 0 Å². The Balaban J connectivity index is 4.71. The van der Waals surface area contributed by atoms with Gasteiger partial charge in [0.25, 0.3) is 0 Å². The van der Waals surface area contributed by atoms with E-state index >= 15 is 0 Å². The Kier molecular flexibility index (Phi) is 5.26. The molecule has 0 heterocycles. The number of rotatable bonds is 5. The first-order valence-electron chi connectivity index (χ1n) is 4.65. The van der Waals surface area contributed by atoms with Crippen molar-refractivity contribution in [1.29, 1.82) is 0 Å². The van der Waals surface area contributed by atoms with Gasteiger partial charge in [0.1, 0.15) is 4.75 Å². The van der Waals surface area contributed by atoms with Crippen molar-refractivity contribution in [3.8, 4) is 0 Å². The fraction of sp³-hybridized carbons (Fsp3) is 0.889. The molecule has 6 heteroatoms. The van der Waals surface area contributed by atoms with Crippen LogP contribution in [0.15, 0.2) is 0 Å². The summed E-state index contributed by atoms with van der Waals surface area (Å²) in [6, 6.07) is 0. The van der Waals surface area contributed by atoms with Crippen molar-refractivity contribution in [3.63, 3.8) is 0 Å². The molecule has 0 saturated carbocycles. The molecule has 0 aliphatic carbocycles. The number of nitrogens with zero attached hydrogens (tertiary/aromatic N) is 1. The fourth-order valence-corrected chi connectivity index (χ4v) is 1.74. The van der Waals surface area contributed by atoms with Crippen LogP contribution in [0.25, 0.3) is 0 Å². The molecule has 0 aromatic rings. The van der Waals surface area contributed by atoms with Crippen LogP contribution in [0.5, 0.6) is 0 Å². The molecule has 0 unspecified atom stereocenters. The Morgan fingerprint density at radius 3 is 2.20 bits per heavy atom.